The monoisotopic (exact) mass is 307 g/mol. The molecule has 0 bridgehead atoms. The molecule has 0 aliphatic carbocycles. The first-order valence-electron chi connectivity index (χ1n) is 7.14. The largest absolute Gasteiger partial charge is 0.329 e. The van der Waals surface area contributed by atoms with Crippen LogP contribution in [0.1, 0.15) is 30.9 Å². The Labute approximate surface area is 126 Å². The fourth-order valence-electron chi connectivity index (χ4n) is 2.92. The van der Waals surface area contributed by atoms with Crippen LogP contribution in [0.2, 0.25) is 0 Å². The van der Waals surface area contributed by atoms with Gasteiger partial charge in [0.25, 0.3) is 0 Å². The van der Waals surface area contributed by atoms with Crippen LogP contribution in [0.4, 0.5) is 0 Å². The van der Waals surface area contributed by atoms with Gasteiger partial charge in [-0.05, 0) is 49.4 Å². The molecule has 2 N–H and O–H groups in total. The molecule has 0 amide bonds. The predicted molar refractivity (Wildman–Crippen MR) is 81.0 cm³/mol. The van der Waals surface area contributed by atoms with Gasteiger partial charge in [-0.1, -0.05) is 6.92 Å². The molecule has 2 atom stereocenters. The molecule has 1 aliphatic rings. The molecule has 5 nitrogen and oxygen atoms in total. The molecule has 6 heteroatoms. The van der Waals surface area contributed by atoms with Crippen molar-refractivity contribution in [2.45, 2.75) is 37.6 Å². The second-order valence-corrected chi connectivity index (χ2v) is 7.52. The molecule has 1 saturated heterocycles. The van der Waals surface area contributed by atoms with Gasteiger partial charge < -0.3 is 5.73 Å². The van der Waals surface area contributed by atoms with E-state index in [1.807, 2.05) is 6.92 Å². The van der Waals surface area contributed by atoms with Gasteiger partial charge in [0, 0.05) is 19.1 Å². The number of hydrogen-bond donors (Lipinski definition) is 1. The van der Waals surface area contributed by atoms with Gasteiger partial charge in [0.2, 0.25) is 10.0 Å². The number of hydrogen-bond acceptors (Lipinski definition) is 4. The Bertz CT molecular complexity index is 664. The number of rotatable bonds is 3. The number of nitriles is 1. The molecule has 1 aliphatic heterocycles. The third-order valence-electron chi connectivity index (χ3n) is 4.23. The number of aryl methyl sites for hydroxylation is 1. The molecule has 114 valence electrons. The van der Waals surface area contributed by atoms with E-state index in [0.717, 1.165) is 12.8 Å². The van der Waals surface area contributed by atoms with Gasteiger partial charge in [0.1, 0.15) is 0 Å². The van der Waals surface area contributed by atoms with Gasteiger partial charge in [-0.25, -0.2) is 8.42 Å². The van der Waals surface area contributed by atoms with E-state index in [4.69, 9.17) is 11.0 Å². The van der Waals surface area contributed by atoms with Crippen molar-refractivity contribution in [2.75, 3.05) is 13.1 Å². The minimum atomic E-state index is -3.56. The topological polar surface area (TPSA) is 87.2 Å². The third kappa shape index (κ3) is 2.95. The summed E-state index contributed by atoms with van der Waals surface area (Å²) >= 11 is 0. The van der Waals surface area contributed by atoms with Crippen LogP contribution >= 0.6 is 0 Å². The Morgan fingerprint density at radius 1 is 1.48 bits per heavy atom. The summed E-state index contributed by atoms with van der Waals surface area (Å²) in [5.74, 6) is 0.262. The van der Waals surface area contributed by atoms with Gasteiger partial charge in [-0.2, -0.15) is 9.57 Å². The smallest absolute Gasteiger partial charge is 0.243 e. The molecule has 2 rings (SSSR count). The zero-order chi connectivity index (χ0) is 15.6. The number of nitrogens with zero attached hydrogens (tertiary/aromatic N) is 2. The number of sulfonamides is 1. The molecular weight excluding hydrogens is 286 g/mol. The van der Waals surface area contributed by atoms with Crippen LogP contribution in [0.25, 0.3) is 0 Å². The lowest BCUT2D eigenvalue weighted by atomic mass is 9.93. The molecule has 21 heavy (non-hydrogen) atoms. The highest BCUT2D eigenvalue weighted by molar-refractivity contribution is 7.89. The van der Waals surface area contributed by atoms with Gasteiger partial charge in [-0.15, -0.1) is 0 Å². The first kappa shape index (κ1) is 16.0. The van der Waals surface area contributed by atoms with E-state index in [1.54, 1.807) is 19.1 Å². The predicted octanol–water partition coefficient (Wildman–Crippen LogP) is 1.61. The molecule has 1 aromatic carbocycles. The van der Waals surface area contributed by atoms with Crippen LogP contribution in [0.5, 0.6) is 0 Å². The van der Waals surface area contributed by atoms with Crippen molar-refractivity contribution in [2.24, 2.45) is 11.7 Å². The van der Waals surface area contributed by atoms with Crippen molar-refractivity contribution in [3.8, 4) is 6.07 Å². The van der Waals surface area contributed by atoms with E-state index in [-0.39, 0.29) is 16.9 Å². The molecule has 2 unspecified atom stereocenters. The fourth-order valence-corrected chi connectivity index (χ4v) is 4.77. The molecule has 0 spiro atoms. The summed E-state index contributed by atoms with van der Waals surface area (Å²) in [6.07, 6.45) is 1.85. The van der Waals surface area contributed by atoms with Crippen molar-refractivity contribution in [3.05, 3.63) is 29.3 Å². The van der Waals surface area contributed by atoms with E-state index >= 15 is 0 Å². The number of piperidine rings is 1. The normalized spacial score (nSPS) is 23.7. The van der Waals surface area contributed by atoms with Crippen LogP contribution < -0.4 is 5.73 Å². The SMILES string of the molecule is Cc1cc(S(=O)(=O)N2CCCC(C)C2CN)ccc1C#N. The first-order chi connectivity index (χ1) is 9.91. The quantitative estimate of drug-likeness (QED) is 0.919. The lowest BCUT2D eigenvalue weighted by Crippen LogP contribution is -2.51. The second kappa shape index (κ2) is 6.14. The highest BCUT2D eigenvalue weighted by atomic mass is 32.2. The van der Waals surface area contributed by atoms with Crippen molar-refractivity contribution in [1.82, 2.24) is 4.31 Å². The van der Waals surface area contributed by atoms with Crippen LogP contribution in [-0.4, -0.2) is 31.9 Å². The lowest BCUT2D eigenvalue weighted by Gasteiger charge is -2.38. The molecule has 0 radical (unpaired) electrons. The van der Waals surface area contributed by atoms with Gasteiger partial charge in [0.05, 0.1) is 16.5 Å². The van der Waals surface area contributed by atoms with Crippen molar-refractivity contribution in [1.29, 1.82) is 5.26 Å². The summed E-state index contributed by atoms with van der Waals surface area (Å²) in [6, 6.07) is 6.54. The molecule has 1 fully saturated rings. The first-order valence-corrected chi connectivity index (χ1v) is 8.58. The number of benzene rings is 1. The van der Waals surface area contributed by atoms with Crippen LogP contribution in [0.15, 0.2) is 23.1 Å². The molecule has 0 aromatic heterocycles. The van der Waals surface area contributed by atoms with E-state index in [0.29, 0.717) is 24.2 Å². The maximum atomic E-state index is 12.8. The lowest BCUT2D eigenvalue weighted by molar-refractivity contribution is 0.192. The minimum Gasteiger partial charge on any atom is -0.329 e. The van der Waals surface area contributed by atoms with Gasteiger partial charge in [-0.3, -0.25) is 0 Å². The second-order valence-electron chi connectivity index (χ2n) is 5.63. The third-order valence-corrected chi connectivity index (χ3v) is 6.15. The van der Waals surface area contributed by atoms with Gasteiger partial charge in [0.15, 0.2) is 0 Å². The average molecular weight is 307 g/mol. The summed E-state index contributed by atoms with van der Waals surface area (Å²) in [4.78, 5) is 0.242. The Hall–Kier alpha value is -1.42. The van der Waals surface area contributed by atoms with E-state index in [9.17, 15) is 8.42 Å². The maximum Gasteiger partial charge on any atom is 0.243 e. The Morgan fingerprint density at radius 2 is 2.19 bits per heavy atom. The fraction of sp³-hybridized carbons (Fsp3) is 0.533. The summed E-state index contributed by atoms with van der Waals surface area (Å²) in [5, 5.41) is 8.95. The standard InChI is InChI=1S/C15H21N3O2S/c1-11-4-3-7-18(15(11)10-17)21(19,20)14-6-5-13(9-16)12(2)8-14/h5-6,8,11,15H,3-4,7,10,17H2,1-2H3. The Kier molecular flexibility index (Phi) is 4.67. The molecule has 1 aromatic rings. The highest BCUT2D eigenvalue weighted by Crippen LogP contribution is 2.29. The van der Waals surface area contributed by atoms with Crippen LogP contribution in [-0.2, 0) is 10.0 Å². The van der Waals surface area contributed by atoms with Crippen molar-refractivity contribution < 1.29 is 8.42 Å². The Balaban J connectivity index is 2.41. The summed E-state index contributed by atoms with van der Waals surface area (Å²) in [6.45, 7) is 4.63. The zero-order valence-corrected chi connectivity index (χ0v) is 13.2. The average Bonchev–Trinajstić information content (AvgIpc) is 2.46. The van der Waals surface area contributed by atoms with E-state index < -0.39 is 10.0 Å². The Morgan fingerprint density at radius 3 is 2.76 bits per heavy atom. The van der Waals surface area contributed by atoms with Gasteiger partial charge >= 0.3 is 0 Å². The van der Waals surface area contributed by atoms with E-state index in [2.05, 4.69) is 6.07 Å². The highest BCUT2D eigenvalue weighted by Gasteiger charge is 2.36. The van der Waals surface area contributed by atoms with Crippen LogP contribution in [0, 0.1) is 24.2 Å². The zero-order valence-electron chi connectivity index (χ0n) is 12.4. The van der Waals surface area contributed by atoms with Crippen molar-refractivity contribution in [3.63, 3.8) is 0 Å². The minimum absolute atomic E-state index is 0.153. The molecule has 0 saturated carbocycles. The van der Waals surface area contributed by atoms with Crippen LogP contribution in [0.3, 0.4) is 0 Å². The summed E-state index contributed by atoms with van der Waals surface area (Å²) in [5.41, 5.74) is 6.96. The molecular formula is C15H21N3O2S. The maximum absolute atomic E-state index is 12.8. The van der Waals surface area contributed by atoms with E-state index in [1.165, 1.54) is 10.4 Å². The summed E-state index contributed by atoms with van der Waals surface area (Å²) in [7, 11) is -3.56. The molecule has 1 heterocycles. The van der Waals surface area contributed by atoms with Crippen molar-refractivity contribution >= 4 is 10.0 Å². The number of nitrogens with two attached hydrogens (primary N) is 1. The summed E-state index contributed by atoms with van der Waals surface area (Å²) < 4.78 is 27.2.